The Morgan fingerprint density at radius 1 is 1.09 bits per heavy atom. The summed E-state index contributed by atoms with van der Waals surface area (Å²) in [6, 6.07) is 17.5. The third-order valence-electron chi connectivity index (χ3n) is 5.23. The van der Waals surface area contributed by atoms with Crippen LogP contribution in [0.15, 0.2) is 84.3 Å². The van der Waals surface area contributed by atoms with Crippen molar-refractivity contribution in [3.8, 4) is 0 Å². The number of hydrogen-bond donors (Lipinski definition) is 2. The predicted octanol–water partition coefficient (Wildman–Crippen LogP) is 4.80. The number of amides is 1. The Morgan fingerprint density at radius 2 is 1.82 bits per heavy atom. The number of hydrogen-bond acceptors (Lipinski definition) is 5. The number of anilines is 1. The number of aliphatic hydroxyl groups is 1. The molecule has 0 unspecified atom stereocenters. The first-order valence-corrected chi connectivity index (χ1v) is 11.4. The van der Waals surface area contributed by atoms with E-state index in [9.17, 15) is 18.7 Å². The Bertz CT molecular complexity index is 1270. The summed E-state index contributed by atoms with van der Waals surface area (Å²) in [6.07, 6.45) is 2.74. The molecule has 0 saturated carbocycles. The normalized spacial score (nSPS) is 12.8. The highest BCUT2D eigenvalue weighted by Crippen LogP contribution is 2.33. The summed E-state index contributed by atoms with van der Waals surface area (Å²) >= 11 is 1.30. The lowest BCUT2D eigenvalue weighted by atomic mass is 9.95. The van der Waals surface area contributed by atoms with Gasteiger partial charge in [-0.1, -0.05) is 23.8 Å². The van der Waals surface area contributed by atoms with Crippen molar-refractivity contribution < 1.29 is 18.7 Å². The Kier molecular flexibility index (Phi) is 7.04. The van der Waals surface area contributed by atoms with Crippen LogP contribution in [0.2, 0.25) is 0 Å². The molecule has 0 radical (unpaired) electrons. The quantitative estimate of drug-likeness (QED) is 0.354. The summed E-state index contributed by atoms with van der Waals surface area (Å²) in [6.45, 7) is 1.89. The standard InChI is InChI=1S/C25H22F2N4O2S/c1-17-2-4-18(5-3-17)24(32)30-20-7-9-21(10-8-20)34-14-25(33,13-31-16-28-15-29-31)22-11-6-19(26)12-23(22)27/h2-12,15-16,33H,13-14H2,1H3,(H,30,32)/t25-/m1/s1. The van der Waals surface area contributed by atoms with E-state index in [1.165, 1.54) is 35.2 Å². The zero-order chi connectivity index (χ0) is 24.1. The van der Waals surface area contributed by atoms with E-state index in [4.69, 9.17) is 0 Å². The average molecular weight is 481 g/mol. The van der Waals surface area contributed by atoms with E-state index in [1.807, 2.05) is 19.1 Å². The maximum Gasteiger partial charge on any atom is 0.255 e. The van der Waals surface area contributed by atoms with Gasteiger partial charge in [0.1, 0.15) is 29.9 Å². The molecule has 1 amide bonds. The van der Waals surface area contributed by atoms with Crippen molar-refractivity contribution in [3.05, 3.63) is 108 Å². The average Bonchev–Trinajstić information content (AvgIpc) is 3.31. The van der Waals surface area contributed by atoms with Gasteiger partial charge in [0.2, 0.25) is 0 Å². The van der Waals surface area contributed by atoms with Crippen molar-refractivity contribution in [2.75, 3.05) is 11.1 Å². The highest BCUT2D eigenvalue weighted by Gasteiger charge is 2.33. The van der Waals surface area contributed by atoms with Crippen LogP contribution in [-0.4, -0.2) is 31.5 Å². The molecule has 2 N–H and O–H groups in total. The largest absolute Gasteiger partial charge is 0.382 e. The lowest BCUT2D eigenvalue weighted by Crippen LogP contribution is -2.35. The van der Waals surface area contributed by atoms with Gasteiger partial charge in [-0.2, -0.15) is 5.10 Å². The highest BCUT2D eigenvalue weighted by molar-refractivity contribution is 7.99. The van der Waals surface area contributed by atoms with Crippen LogP contribution in [0.5, 0.6) is 0 Å². The second-order valence-electron chi connectivity index (χ2n) is 7.88. The number of aryl methyl sites for hydroxylation is 1. The molecule has 0 aliphatic carbocycles. The maximum absolute atomic E-state index is 14.5. The summed E-state index contributed by atoms with van der Waals surface area (Å²) in [4.78, 5) is 17.1. The molecule has 0 fully saturated rings. The molecule has 4 rings (SSSR count). The maximum atomic E-state index is 14.5. The van der Waals surface area contributed by atoms with Gasteiger partial charge < -0.3 is 10.4 Å². The summed E-state index contributed by atoms with van der Waals surface area (Å²) in [5.41, 5.74) is 0.552. The lowest BCUT2D eigenvalue weighted by Gasteiger charge is -2.28. The molecular weight excluding hydrogens is 458 g/mol. The molecule has 0 spiro atoms. The Morgan fingerprint density at radius 3 is 2.47 bits per heavy atom. The van der Waals surface area contributed by atoms with Crippen LogP contribution in [0, 0.1) is 18.6 Å². The van der Waals surface area contributed by atoms with Gasteiger partial charge >= 0.3 is 0 Å². The molecule has 1 aromatic heterocycles. The summed E-state index contributed by atoms with van der Waals surface area (Å²) < 4.78 is 29.4. The van der Waals surface area contributed by atoms with Crippen LogP contribution in [0.4, 0.5) is 14.5 Å². The number of rotatable bonds is 8. The van der Waals surface area contributed by atoms with Crippen molar-refractivity contribution in [2.24, 2.45) is 0 Å². The van der Waals surface area contributed by atoms with Crippen molar-refractivity contribution in [1.29, 1.82) is 0 Å². The fourth-order valence-corrected chi connectivity index (χ4v) is 4.38. The third-order valence-corrected chi connectivity index (χ3v) is 6.45. The summed E-state index contributed by atoms with van der Waals surface area (Å²) in [5.74, 6) is -1.70. The first-order valence-electron chi connectivity index (χ1n) is 10.4. The monoisotopic (exact) mass is 480 g/mol. The molecule has 0 aliphatic heterocycles. The minimum absolute atomic E-state index is 0.0288. The number of aromatic nitrogens is 3. The minimum Gasteiger partial charge on any atom is -0.382 e. The second-order valence-corrected chi connectivity index (χ2v) is 8.93. The Hall–Kier alpha value is -3.56. The molecule has 174 valence electrons. The van der Waals surface area contributed by atoms with Crippen LogP contribution in [0.3, 0.4) is 0 Å². The number of nitrogens with zero attached hydrogens (tertiary/aromatic N) is 3. The van der Waals surface area contributed by atoms with Crippen molar-refractivity contribution in [2.45, 2.75) is 24.0 Å². The van der Waals surface area contributed by atoms with Gasteiger partial charge in [0.15, 0.2) is 0 Å². The van der Waals surface area contributed by atoms with Gasteiger partial charge in [-0.25, -0.2) is 18.4 Å². The molecule has 9 heteroatoms. The molecule has 1 atom stereocenters. The Labute approximate surface area is 199 Å². The molecule has 3 aromatic carbocycles. The summed E-state index contributed by atoms with van der Waals surface area (Å²) in [7, 11) is 0. The third kappa shape index (κ3) is 5.67. The van der Waals surface area contributed by atoms with Crippen LogP contribution in [-0.2, 0) is 12.1 Å². The van der Waals surface area contributed by atoms with E-state index < -0.39 is 17.2 Å². The van der Waals surface area contributed by atoms with Gasteiger partial charge in [0.25, 0.3) is 5.91 Å². The van der Waals surface area contributed by atoms with E-state index in [2.05, 4.69) is 15.4 Å². The fourth-order valence-electron chi connectivity index (χ4n) is 3.40. The number of carbonyl (C=O) groups is 1. The number of carbonyl (C=O) groups excluding carboxylic acids is 1. The molecule has 34 heavy (non-hydrogen) atoms. The zero-order valence-electron chi connectivity index (χ0n) is 18.3. The van der Waals surface area contributed by atoms with Crippen molar-refractivity contribution in [3.63, 3.8) is 0 Å². The number of halogens is 2. The summed E-state index contributed by atoms with van der Waals surface area (Å²) in [5, 5.41) is 18.2. The van der Waals surface area contributed by atoms with Gasteiger partial charge in [-0.05, 0) is 49.4 Å². The molecule has 4 aromatic rings. The zero-order valence-corrected chi connectivity index (χ0v) is 19.1. The van der Waals surface area contributed by atoms with Gasteiger partial charge in [-0.3, -0.25) is 4.79 Å². The van der Waals surface area contributed by atoms with E-state index in [0.717, 1.165) is 22.6 Å². The number of benzene rings is 3. The first-order chi connectivity index (χ1) is 16.3. The van der Waals surface area contributed by atoms with Crippen LogP contribution < -0.4 is 5.32 Å². The predicted molar refractivity (Wildman–Crippen MR) is 127 cm³/mol. The van der Waals surface area contributed by atoms with E-state index in [0.29, 0.717) is 11.3 Å². The van der Waals surface area contributed by atoms with Gasteiger partial charge in [0.05, 0.1) is 6.54 Å². The minimum atomic E-state index is -1.67. The molecule has 6 nitrogen and oxygen atoms in total. The first kappa shape index (κ1) is 23.6. The molecule has 1 heterocycles. The molecule has 0 aliphatic rings. The van der Waals surface area contributed by atoms with Gasteiger partial charge in [-0.15, -0.1) is 11.8 Å². The second kappa shape index (κ2) is 10.1. The Balaban J connectivity index is 1.46. The van der Waals surface area contributed by atoms with E-state index in [-0.39, 0.29) is 23.8 Å². The van der Waals surface area contributed by atoms with Crippen LogP contribution >= 0.6 is 11.8 Å². The van der Waals surface area contributed by atoms with Crippen LogP contribution in [0.1, 0.15) is 21.5 Å². The fraction of sp³-hybridized carbons (Fsp3) is 0.160. The van der Waals surface area contributed by atoms with E-state index >= 15 is 0 Å². The van der Waals surface area contributed by atoms with Crippen molar-refractivity contribution in [1.82, 2.24) is 14.8 Å². The lowest BCUT2D eigenvalue weighted by molar-refractivity contribution is 0.0360. The molecule has 0 bridgehead atoms. The molecule has 0 saturated heterocycles. The topological polar surface area (TPSA) is 80.0 Å². The molecular formula is C25H22F2N4O2S. The van der Waals surface area contributed by atoms with Crippen molar-refractivity contribution >= 4 is 23.4 Å². The number of thioether (sulfide) groups is 1. The van der Waals surface area contributed by atoms with Gasteiger partial charge in [0, 0.05) is 33.5 Å². The smallest absolute Gasteiger partial charge is 0.255 e. The highest BCUT2D eigenvalue weighted by atomic mass is 32.2. The number of nitrogens with one attached hydrogen (secondary N) is 1. The van der Waals surface area contributed by atoms with E-state index in [1.54, 1.807) is 36.4 Å². The SMILES string of the molecule is Cc1ccc(C(=O)Nc2ccc(SC[C@](O)(Cn3cncn3)c3ccc(F)cc3F)cc2)cc1. The van der Waals surface area contributed by atoms with Crippen LogP contribution in [0.25, 0.3) is 0 Å².